The second-order valence-electron chi connectivity index (χ2n) is 7.15. The van der Waals surface area contributed by atoms with Gasteiger partial charge in [-0.05, 0) is 67.3 Å². The number of carbonyl (C=O) groups is 1. The monoisotopic (exact) mass is 374 g/mol. The van der Waals surface area contributed by atoms with E-state index in [2.05, 4.69) is 33.8 Å². The summed E-state index contributed by atoms with van der Waals surface area (Å²) in [5, 5.41) is 15.4. The number of pyridine rings is 1. The predicted molar refractivity (Wildman–Crippen MR) is 111 cm³/mol. The quantitative estimate of drug-likeness (QED) is 0.582. The molecular formula is C23H26N4O. The molecule has 1 unspecified atom stereocenters. The second-order valence-corrected chi connectivity index (χ2v) is 7.15. The first-order chi connectivity index (χ1) is 13.6. The molecule has 144 valence electrons. The van der Waals surface area contributed by atoms with E-state index in [9.17, 15) is 10.1 Å². The zero-order valence-electron chi connectivity index (χ0n) is 16.5. The fraction of sp³-hybridized carbons (Fsp3) is 0.348. The summed E-state index contributed by atoms with van der Waals surface area (Å²) in [7, 11) is 0. The maximum absolute atomic E-state index is 12.6. The third kappa shape index (κ3) is 4.58. The van der Waals surface area contributed by atoms with Crippen molar-refractivity contribution >= 4 is 11.7 Å². The highest BCUT2D eigenvalue weighted by Gasteiger charge is 2.18. The summed E-state index contributed by atoms with van der Waals surface area (Å²) in [6.07, 6.45) is 8.56. The summed E-state index contributed by atoms with van der Waals surface area (Å²) in [5.41, 5.74) is 4.88. The number of rotatable bonds is 6. The molecule has 3 rings (SSSR count). The van der Waals surface area contributed by atoms with E-state index in [0.29, 0.717) is 5.82 Å². The third-order valence-electron chi connectivity index (χ3n) is 5.22. The molecule has 5 heteroatoms. The van der Waals surface area contributed by atoms with Gasteiger partial charge in [-0.15, -0.1) is 0 Å². The Hall–Kier alpha value is -3.13. The first kappa shape index (κ1) is 19.6. The van der Waals surface area contributed by atoms with Crippen LogP contribution in [0.5, 0.6) is 0 Å². The first-order valence-electron chi connectivity index (χ1n) is 9.83. The van der Waals surface area contributed by atoms with Gasteiger partial charge in [0.25, 0.3) is 5.91 Å². The molecule has 1 aliphatic carbocycles. The van der Waals surface area contributed by atoms with Crippen LogP contribution in [0.3, 0.4) is 0 Å². The molecule has 0 spiro atoms. The summed E-state index contributed by atoms with van der Waals surface area (Å²) in [6, 6.07) is 12.1. The molecule has 1 atom stereocenters. The molecule has 1 aromatic heterocycles. The van der Waals surface area contributed by atoms with Gasteiger partial charge in [0.2, 0.25) is 0 Å². The van der Waals surface area contributed by atoms with Gasteiger partial charge in [-0.2, -0.15) is 5.26 Å². The molecule has 1 heterocycles. The maximum Gasteiger partial charge on any atom is 0.263 e. The van der Waals surface area contributed by atoms with Crippen LogP contribution in [0.4, 0.5) is 5.82 Å². The topological polar surface area (TPSA) is 77.8 Å². The number of amides is 1. The highest BCUT2D eigenvalue weighted by molar-refractivity contribution is 5.97. The molecule has 0 fully saturated rings. The van der Waals surface area contributed by atoms with Crippen molar-refractivity contribution < 1.29 is 4.79 Å². The zero-order chi connectivity index (χ0) is 19.9. The van der Waals surface area contributed by atoms with E-state index in [-0.39, 0.29) is 17.5 Å². The fourth-order valence-corrected chi connectivity index (χ4v) is 3.55. The average molecular weight is 374 g/mol. The Balaban J connectivity index is 1.72. The highest BCUT2D eigenvalue weighted by Crippen LogP contribution is 2.26. The van der Waals surface area contributed by atoms with Crippen LogP contribution in [0.2, 0.25) is 0 Å². The van der Waals surface area contributed by atoms with Gasteiger partial charge in [0.15, 0.2) is 0 Å². The van der Waals surface area contributed by atoms with Gasteiger partial charge in [-0.1, -0.05) is 31.2 Å². The van der Waals surface area contributed by atoms with Crippen LogP contribution >= 0.6 is 0 Å². The van der Waals surface area contributed by atoms with Gasteiger partial charge < -0.3 is 10.6 Å². The molecule has 0 saturated heterocycles. The van der Waals surface area contributed by atoms with Crippen LogP contribution in [-0.2, 0) is 17.6 Å². The number of nitrogens with zero attached hydrogens (tertiary/aromatic N) is 2. The molecule has 5 nitrogen and oxygen atoms in total. The lowest BCUT2D eigenvalue weighted by Crippen LogP contribution is -2.29. The van der Waals surface area contributed by atoms with Gasteiger partial charge >= 0.3 is 0 Å². The number of hydrogen-bond acceptors (Lipinski definition) is 4. The Labute approximate surface area is 166 Å². The van der Waals surface area contributed by atoms with Crippen molar-refractivity contribution in [1.82, 2.24) is 10.3 Å². The summed E-state index contributed by atoms with van der Waals surface area (Å²) < 4.78 is 0. The Kier molecular flexibility index (Phi) is 6.44. The van der Waals surface area contributed by atoms with Crippen molar-refractivity contribution in [2.45, 2.75) is 52.0 Å². The maximum atomic E-state index is 12.6. The van der Waals surface area contributed by atoms with Gasteiger partial charge in [-0.3, -0.25) is 4.79 Å². The van der Waals surface area contributed by atoms with Crippen molar-refractivity contribution in [1.29, 1.82) is 5.26 Å². The number of benzene rings is 1. The Morgan fingerprint density at radius 1 is 1.29 bits per heavy atom. The van der Waals surface area contributed by atoms with E-state index in [0.717, 1.165) is 30.4 Å². The summed E-state index contributed by atoms with van der Waals surface area (Å²) in [5.74, 6) is 0.248. The number of anilines is 1. The van der Waals surface area contributed by atoms with Crippen LogP contribution in [-0.4, -0.2) is 10.9 Å². The van der Waals surface area contributed by atoms with E-state index in [1.54, 1.807) is 6.20 Å². The summed E-state index contributed by atoms with van der Waals surface area (Å²) in [6.45, 7) is 3.95. The van der Waals surface area contributed by atoms with Crippen molar-refractivity contribution in [3.05, 3.63) is 70.6 Å². The van der Waals surface area contributed by atoms with Gasteiger partial charge in [0.1, 0.15) is 17.5 Å². The second kappa shape index (κ2) is 9.18. The van der Waals surface area contributed by atoms with Crippen LogP contribution in [0.25, 0.3) is 0 Å². The fourth-order valence-electron chi connectivity index (χ4n) is 3.55. The normalized spacial score (nSPS) is 14.5. The predicted octanol–water partition coefficient (Wildman–Crippen LogP) is 4.36. The van der Waals surface area contributed by atoms with Crippen LogP contribution in [0.1, 0.15) is 54.5 Å². The molecular weight excluding hydrogens is 348 g/mol. The van der Waals surface area contributed by atoms with Gasteiger partial charge in [0, 0.05) is 12.4 Å². The van der Waals surface area contributed by atoms with Gasteiger partial charge in [0.05, 0.1) is 6.04 Å². The SMILES string of the molecule is CCC(NC(=O)/C(C#N)=C\Nc1ncccc1C)c1ccc2c(c1)CCCC2. The van der Waals surface area contributed by atoms with E-state index in [4.69, 9.17) is 0 Å². The lowest BCUT2D eigenvalue weighted by Gasteiger charge is -2.21. The highest BCUT2D eigenvalue weighted by atomic mass is 16.1. The minimum atomic E-state index is -0.381. The summed E-state index contributed by atoms with van der Waals surface area (Å²) >= 11 is 0. The molecule has 0 bridgehead atoms. The van der Waals surface area contributed by atoms with E-state index in [1.807, 2.05) is 32.0 Å². The molecule has 0 radical (unpaired) electrons. The van der Waals surface area contributed by atoms with Gasteiger partial charge in [-0.25, -0.2) is 4.98 Å². The largest absolute Gasteiger partial charge is 0.345 e. The van der Waals surface area contributed by atoms with E-state index >= 15 is 0 Å². The lowest BCUT2D eigenvalue weighted by atomic mass is 9.88. The number of fused-ring (bicyclic) bond motifs is 1. The number of nitrogens with one attached hydrogen (secondary N) is 2. The standard InChI is InChI=1S/C23H26N4O/c1-3-21(19-11-10-17-8-4-5-9-18(17)13-19)27-23(28)20(14-24)15-26-22-16(2)7-6-12-25-22/h6-7,10-13,15,21H,3-5,8-9H2,1-2H3,(H,25,26)(H,27,28)/b20-15-. The van der Waals surface area contributed by atoms with Crippen LogP contribution in [0, 0.1) is 18.3 Å². The minimum absolute atomic E-state index is 0.0291. The van der Waals surface area contributed by atoms with Crippen molar-refractivity contribution in [3.8, 4) is 6.07 Å². The number of hydrogen-bond donors (Lipinski definition) is 2. The molecule has 0 aliphatic heterocycles. The van der Waals surface area contributed by atoms with Crippen molar-refractivity contribution in [3.63, 3.8) is 0 Å². The lowest BCUT2D eigenvalue weighted by molar-refractivity contribution is -0.117. The smallest absolute Gasteiger partial charge is 0.263 e. The number of aromatic nitrogens is 1. The molecule has 1 amide bonds. The minimum Gasteiger partial charge on any atom is -0.345 e. The van der Waals surface area contributed by atoms with Crippen LogP contribution in [0.15, 0.2) is 48.3 Å². The molecule has 1 aromatic carbocycles. The molecule has 2 aromatic rings. The third-order valence-corrected chi connectivity index (χ3v) is 5.22. The molecule has 28 heavy (non-hydrogen) atoms. The molecule has 0 saturated carbocycles. The van der Waals surface area contributed by atoms with Crippen molar-refractivity contribution in [2.24, 2.45) is 0 Å². The zero-order valence-corrected chi connectivity index (χ0v) is 16.5. The average Bonchev–Trinajstić information content (AvgIpc) is 2.73. The Bertz CT molecular complexity index is 926. The first-order valence-corrected chi connectivity index (χ1v) is 9.83. The number of aryl methyl sites for hydroxylation is 3. The number of carbonyl (C=O) groups excluding carboxylic acids is 1. The number of nitriles is 1. The van der Waals surface area contributed by atoms with E-state index in [1.165, 1.54) is 30.2 Å². The summed E-state index contributed by atoms with van der Waals surface area (Å²) in [4.78, 5) is 16.9. The Morgan fingerprint density at radius 2 is 2.07 bits per heavy atom. The Morgan fingerprint density at radius 3 is 2.79 bits per heavy atom. The van der Waals surface area contributed by atoms with Crippen molar-refractivity contribution in [2.75, 3.05) is 5.32 Å². The molecule has 1 aliphatic rings. The molecule has 2 N–H and O–H groups in total. The van der Waals surface area contributed by atoms with Crippen LogP contribution < -0.4 is 10.6 Å². The van der Waals surface area contributed by atoms with E-state index < -0.39 is 0 Å².